The van der Waals surface area contributed by atoms with Crippen LogP contribution < -0.4 is 11.3 Å². The number of aromatic nitrogens is 2. The van der Waals surface area contributed by atoms with E-state index in [0.717, 1.165) is 6.42 Å². The quantitative estimate of drug-likeness (QED) is 0.729. The average molecular weight is 236 g/mol. The third-order valence-corrected chi connectivity index (χ3v) is 3.15. The van der Waals surface area contributed by atoms with Crippen molar-refractivity contribution in [2.24, 2.45) is 11.7 Å². The van der Waals surface area contributed by atoms with Crippen LogP contribution in [0.3, 0.4) is 0 Å². The molecule has 1 aliphatic rings. The highest BCUT2D eigenvalue weighted by Gasteiger charge is 2.29. The van der Waals surface area contributed by atoms with Gasteiger partial charge in [-0.25, -0.2) is 5.10 Å². The number of H-pyrrole nitrogens is 1. The SMILES string of the molecule is CC(N)C1CCN(C(=O)c2ccc(=O)[nH]n2)C1. The molecule has 2 rings (SSSR count). The van der Waals surface area contributed by atoms with Crippen molar-refractivity contribution >= 4 is 5.91 Å². The van der Waals surface area contributed by atoms with Gasteiger partial charge >= 0.3 is 0 Å². The predicted molar refractivity (Wildman–Crippen MR) is 62.5 cm³/mol. The zero-order valence-electron chi connectivity index (χ0n) is 9.72. The Morgan fingerprint density at radius 1 is 1.65 bits per heavy atom. The van der Waals surface area contributed by atoms with Gasteiger partial charge in [-0.15, -0.1) is 0 Å². The van der Waals surface area contributed by atoms with E-state index in [4.69, 9.17) is 5.73 Å². The van der Waals surface area contributed by atoms with E-state index in [2.05, 4.69) is 10.2 Å². The Hall–Kier alpha value is -1.69. The molecule has 6 heteroatoms. The van der Waals surface area contributed by atoms with Crippen LogP contribution in [0.2, 0.25) is 0 Å². The van der Waals surface area contributed by atoms with Crippen molar-refractivity contribution in [1.29, 1.82) is 0 Å². The van der Waals surface area contributed by atoms with Crippen molar-refractivity contribution < 1.29 is 4.79 Å². The molecule has 92 valence electrons. The number of nitrogens with zero attached hydrogens (tertiary/aromatic N) is 2. The van der Waals surface area contributed by atoms with Crippen molar-refractivity contribution in [3.63, 3.8) is 0 Å². The van der Waals surface area contributed by atoms with Crippen molar-refractivity contribution in [2.75, 3.05) is 13.1 Å². The van der Waals surface area contributed by atoms with E-state index in [-0.39, 0.29) is 23.2 Å². The fourth-order valence-electron chi connectivity index (χ4n) is 2.03. The van der Waals surface area contributed by atoms with E-state index in [1.54, 1.807) is 4.90 Å². The maximum absolute atomic E-state index is 12.0. The lowest BCUT2D eigenvalue weighted by Crippen LogP contribution is -2.33. The number of nitrogens with two attached hydrogens (primary N) is 1. The zero-order chi connectivity index (χ0) is 12.4. The number of hydrogen-bond donors (Lipinski definition) is 2. The van der Waals surface area contributed by atoms with Crippen molar-refractivity contribution in [3.8, 4) is 0 Å². The van der Waals surface area contributed by atoms with Gasteiger partial charge < -0.3 is 10.6 Å². The van der Waals surface area contributed by atoms with Gasteiger partial charge in [-0.3, -0.25) is 9.59 Å². The number of carbonyl (C=O) groups is 1. The van der Waals surface area contributed by atoms with Crippen LogP contribution in [0.5, 0.6) is 0 Å². The molecular weight excluding hydrogens is 220 g/mol. The lowest BCUT2D eigenvalue weighted by Gasteiger charge is -2.17. The van der Waals surface area contributed by atoms with Gasteiger partial charge in [-0.1, -0.05) is 0 Å². The second-order valence-electron chi connectivity index (χ2n) is 4.47. The number of amides is 1. The molecule has 1 aliphatic heterocycles. The highest BCUT2D eigenvalue weighted by molar-refractivity contribution is 5.92. The molecule has 2 atom stereocenters. The monoisotopic (exact) mass is 236 g/mol. The maximum Gasteiger partial charge on any atom is 0.274 e. The summed E-state index contributed by atoms with van der Waals surface area (Å²) >= 11 is 0. The molecule has 0 saturated carbocycles. The summed E-state index contributed by atoms with van der Waals surface area (Å²) in [4.78, 5) is 24.6. The second-order valence-corrected chi connectivity index (χ2v) is 4.47. The molecule has 0 bridgehead atoms. The molecule has 2 heterocycles. The number of rotatable bonds is 2. The summed E-state index contributed by atoms with van der Waals surface area (Å²) in [5, 5.41) is 5.99. The van der Waals surface area contributed by atoms with Crippen LogP contribution in [0.4, 0.5) is 0 Å². The zero-order valence-corrected chi connectivity index (χ0v) is 9.72. The van der Waals surface area contributed by atoms with Crippen LogP contribution in [0.25, 0.3) is 0 Å². The van der Waals surface area contributed by atoms with E-state index in [9.17, 15) is 9.59 Å². The molecule has 1 amide bonds. The van der Waals surface area contributed by atoms with Crippen LogP contribution in [0.1, 0.15) is 23.8 Å². The highest BCUT2D eigenvalue weighted by Crippen LogP contribution is 2.19. The molecule has 17 heavy (non-hydrogen) atoms. The summed E-state index contributed by atoms with van der Waals surface area (Å²) in [7, 11) is 0. The van der Waals surface area contributed by atoms with Gasteiger partial charge in [-0.2, -0.15) is 5.10 Å². The van der Waals surface area contributed by atoms with Gasteiger partial charge in [-0.05, 0) is 25.3 Å². The standard InChI is InChI=1S/C11H16N4O2/c1-7(12)8-4-5-15(6-8)11(17)9-2-3-10(16)14-13-9/h2-3,7-8H,4-6,12H2,1H3,(H,14,16). The summed E-state index contributed by atoms with van der Waals surface area (Å²) in [6.45, 7) is 3.32. The normalized spacial score (nSPS) is 21.5. The Morgan fingerprint density at radius 3 is 2.94 bits per heavy atom. The van der Waals surface area contributed by atoms with Crippen molar-refractivity contribution in [3.05, 3.63) is 28.2 Å². The van der Waals surface area contributed by atoms with Gasteiger partial charge in [0, 0.05) is 25.2 Å². The van der Waals surface area contributed by atoms with Gasteiger partial charge in [0.05, 0.1) is 0 Å². The van der Waals surface area contributed by atoms with Crippen molar-refractivity contribution in [2.45, 2.75) is 19.4 Å². The van der Waals surface area contributed by atoms with E-state index in [0.29, 0.717) is 19.0 Å². The first-order valence-corrected chi connectivity index (χ1v) is 5.68. The molecule has 0 spiro atoms. The predicted octanol–water partition coefficient (Wildman–Crippen LogP) is -0.421. The Morgan fingerprint density at radius 2 is 2.41 bits per heavy atom. The minimum atomic E-state index is -0.309. The molecular formula is C11H16N4O2. The van der Waals surface area contributed by atoms with Crippen LogP contribution >= 0.6 is 0 Å². The lowest BCUT2D eigenvalue weighted by molar-refractivity contribution is 0.0779. The highest BCUT2D eigenvalue weighted by atomic mass is 16.2. The van der Waals surface area contributed by atoms with Gasteiger partial charge in [0.25, 0.3) is 11.5 Å². The van der Waals surface area contributed by atoms with Crippen LogP contribution in [0.15, 0.2) is 16.9 Å². The Labute approximate surface area is 98.8 Å². The largest absolute Gasteiger partial charge is 0.337 e. The topological polar surface area (TPSA) is 92.1 Å². The molecule has 0 aliphatic carbocycles. The van der Waals surface area contributed by atoms with Crippen LogP contribution in [-0.4, -0.2) is 40.1 Å². The molecule has 1 fully saturated rings. The van der Waals surface area contributed by atoms with Gasteiger partial charge in [0.2, 0.25) is 0 Å². The number of hydrogen-bond acceptors (Lipinski definition) is 4. The molecule has 1 aromatic heterocycles. The second kappa shape index (κ2) is 4.67. The number of aromatic amines is 1. The Kier molecular flexibility index (Phi) is 3.23. The molecule has 0 aromatic carbocycles. The summed E-state index contributed by atoms with van der Waals surface area (Å²) in [5.74, 6) is 0.200. The number of nitrogens with one attached hydrogen (secondary N) is 1. The van der Waals surface area contributed by atoms with Gasteiger partial charge in [0.15, 0.2) is 0 Å². The molecule has 1 saturated heterocycles. The first-order chi connectivity index (χ1) is 8.08. The van der Waals surface area contributed by atoms with Gasteiger partial charge in [0.1, 0.15) is 5.69 Å². The molecule has 1 aromatic rings. The third kappa shape index (κ3) is 2.52. The van der Waals surface area contributed by atoms with E-state index >= 15 is 0 Å². The molecule has 6 nitrogen and oxygen atoms in total. The summed E-state index contributed by atoms with van der Waals surface area (Å²) < 4.78 is 0. The first-order valence-electron chi connectivity index (χ1n) is 5.68. The molecule has 3 N–H and O–H groups in total. The summed E-state index contributed by atoms with van der Waals surface area (Å²) in [5.41, 5.74) is 5.78. The van der Waals surface area contributed by atoms with E-state index in [1.165, 1.54) is 12.1 Å². The maximum atomic E-state index is 12.0. The minimum absolute atomic E-state index is 0.0938. The third-order valence-electron chi connectivity index (χ3n) is 3.15. The minimum Gasteiger partial charge on any atom is -0.337 e. The number of carbonyl (C=O) groups excluding carboxylic acids is 1. The Balaban J connectivity index is 2.07. The molecule has 2 unspecified atom stereocenters. The molecule has 0 radical (unpaired) electrons. The summed E-state index contributed by atoms with van der Waals surface area (Å²) in [6, 6.07) is 2.84. The van der Waals surface area contributed by atoms with E-state index in [1.807, 2.05) is 6.92 Å². The fraction of sp³-hybridized carbons (Fsp3) is 0.545. The fourth-order valence-corrected chi connectivity index (χ4v) is 2.03. The number of likely N-dealkylation sites (tertiary alicyclic amines) is 1. The van der Waals surface area contributed by atoms with Crippen molar-refractivity contribution in [1.82, 2.24) is 15.1 Å². The smallest absolute Gasteiger partial charge is 0.274 e. The van der Waals surface area contributed by atoms with Crippen LogP contribution in [0, 0.1) is 5.92 Å². The Bertz CT molecular complexity index is 448. The average Bonchev–Trinajstić information content (AvgIpc) is 2.78. The first kappa shape index (κ1) is 11.8. The van der Waals surface area contributed by atoms with Crippen LogP contribution in [-0.2, 0) is 0 Å². The van der Waals surface area contributed by atoms with E-state index < -0.39 is 0 Å². The lowest BCUT2D eigenvalue weighted by atomic mass is 10.0. The summed E-state index contributed by atoms with van der Waals surface area (Å²) in [6.07, 6.45) is 0.923.